The van der Waals surface area contributed by atoms with Gasteiger partial charge in [-0.15, -0.1) is 0 Å². The quantitative estimate of drug-likeness (QED) is 0.679. The Bertz CT molecular complexity index is 707. The van der Waals surface area contributed by atoms with Crippen molar-refractivity contribution in [3.8, 4) is 0 Å². The molecule has 7 heteroatoms. The molecule has 0 spiro atoms. The summed E-state index contributed by atoms with van der Waals surface area (Å²) in [5.41, 5.74) is 0.782. The van der Waals surface area contributed by atoms with Crippen molar-refractivity contribution in [2.75, 3.05) is 5.32 Å². The van der Waals surface area contributed by atoms with Crippen molar-refractivity contribution >= 4 is 17.3 Å². The number of rotatable bonds is 5. The summed E-state index contributed by atoms with van der Waals surface area (Å²) < 4.78 is 1.74. The van der Waals surface area contributed by atoms with E-state index >= 15 is 0 Å². The second kappa shape index (κ2) is 6.38. The number of carbonyl (C=O) groups is 1. The summed E-state index contributed by atoms with van der Waals surface area (Å²) in [5.74, 6) is 0.669. The maximum absolute atomic E-state index is 12.2. The van der Waals surface area contributed by atoms with Gasteiger partial charge in [-0.3, -0.25) is 14.9 Å². The zero-order chi connectivity index (χ0) is 16.3. The molecule has 0 aliphatic rings. The molecule has 0 radical (unpaired) electrons. The summed E-state index contributed by atoms with van der Waals surface area (Å²) in [6, 6.07) is 4.69. The molecular weight excluding hydrogens is 284 g/mol. The third-order valence-electron chi connectivity index (χ3n) is 3.29. The van der Waals surface area contributed by atoms with Gasteiger partial charge in [-0.2, -0.15) is 0 Å². The molecule has 1 amide bonds. The maximum atomic E-state index is 12.2. The third-order valence-corrected chi connectivity index (χ3v) is 3.29. The predicted molar refractivity (Wildman–Crippen MR) is 82.8 cm³/mol. The van der Waals surface area contributed by atoms with Gasteiger partial charge in [0.1, 0.15) is 18.1 Å². The molecule has 7 nitrogen and oxygen atoms in total. The van der Waals surface area contributed by atoms with Gasteiger partial charge in [0.2, 0.25) is 5.91 Å². The zero-order valence-corrected chi connectivity index (χ0v) is 12.7. The number of carbonyl (C=O) groups excluding carboxylic acids is 1. The summed E-state index contributed by atoms with van der Waals surface area (Å²) in [4.78, 5) is 27.0. The molecule has 0 saturated heterocycles. The summed E-state index contributed by atoms with van der Waals surface area (Å²) in [6.07, 6.45) is 3.36. The maximum Gasteiger partial charge on any atom is 0.293 e. The van der Waals surface area contributed by atoms with Gasteiger partial charge in [-0.05, 0) is 12.5 Å². The van der Waals surface area contributed by atoms with Crippen LogP contribution in [-0.2, 0) is 11.3 Å². The first kappa shape index (κ1) is 15.7. The topological polar surface area (TPSA) is 90.1 Å². The lowest BCUT2D eigenvalue weighted by Gasteiger charge is -2.12. The first-order valence-electron chi connectivity index (χ1n) is 6.95. The van der Waals surface area contributed by atoms with E-state index in [9.17, 15) is 14.9 Å². The van der Waals surface area contributed by atoms with E-state index in [0.717, 1.165) is 5.82 Å². The standard InChI is InChI=1S/C15H18N4O3/c1-10(2)15-16-7-8-18(15)9-13(20)17-14-11(3)5-4-6-12(14)19(21)22/h4-8,10H,9H2,1-3H3,(H,17,20). The number of imidazole rings is 1. The molecule has 1 N–H and O–H groups in total. The Kier molecular flexibility index (Phi) is 4.55. The van der Waals surface area contributed by atoms with Crippen molar-refractivity contribution in [1.82, 2.24) is 9.55 Å². The van der Waals surface area contributed by atoms with Gasteiger partial charge in [-0.1, -0.05) is 26.0 Å². The molecule has 0 aliphatic heterocycles. The van der Waals surface area contributed by atoms with Crippen molar-refractivity contribution in [2.45, 2.75) is 33.2 Å². The van der Waals surface area contributed by atoms with Gasteiger partial charge in [0.25, 0.3) is 5.69 Å². The van der Waals surface area contributed by atoms with Gasteiger partial charge in [0.05, 0.1) is 4.92 Å². The molecule has 0 unspecified atom stereocenters. The summed E-state index contributed by atoms with van der Waals surface area (Å²) >= 11 is 0. The van der Waals surface area contributed by atoms with Crippen LogP contribution in [0.5, 0.6) is 0 Å². The van der Waals surface area contributed by atoms with Crippen LogP contribution in [0.15, 0.2) is 30.6 Å². The highest BCUT2D eigenvalue weighted by Crippen LogP contribution is 2.27. The van der Waals surface area contributed by atoms with Crippen molar-refractivity contribution in [1.29, 1.82) is 0 Å². The monoisotopic (exact) mass is 302 g/mol. The first-order chi connectivity index (χ1) is 10.4. The number of nitro benzene ring substituents is 1. The Hall–Kier alpha value is -2.70. The molecular formula is C15H18N4O3. The molecule has 116 valence electrons. The molecule has 2 rings (SSSR count). The smallest absolute Gasteiger partial charge is 0.293 e. The van der Waals surface area contributed by atoms with E-state index in [4.69, 9.17) is 0 Å². The van der Waals surface area contributed by atoms with E-state index in [1.165, 1.54) is 6.07 Å². The van der Waals surface area contributed by atoms with Crippen LogP contribution in [0.4, 0.5) is 11.4 Å². The van der Waals surface area contributed by atoms with Crippen molar-refractivity contribution in [2.24, 2.45) is 0 Å². The van der Waals surface area contributed by atoms with E-state index in [1.54, 1.807) is 36.0 Å². The number of benzene rings is 1. The van der Waals surface area contributed by atoms with E-state index in [2.05, 4.69) is 10.3 Å². The lowest BCUT2D eigenvalue weighted by molar-refractivity contribution is -0.384. The van der Waals surface area contributed by atoms with Crippen LogP contribution in [0.25, 0.3) is 0 Å². The number of amides is 1. The molecule has 22 heavy (non-hydrogen) atoms. The van der Waals surface area contributed by atoms with Gasteiger partial charge in [-0.25, -0.2) is 4.98 Å². The van der Waals surface area contributed by atoms with Crippen molar-refractivity contribution < 1.29 is 9.72 Å². The van der Waals surface area contributed by atoms with Crippen LogP contribution >= 0.6 is 0 Å². The molecule has 1 heterocycles. The fourth-order valence-electron chi connectivity index (χ4n) is 2.26. The Morgan fingerprint density at radius 2 is 2.18 bits per heavy atom. The molecule has 0 atom stereocenters. The van der Waals surface area contributed by atoms with Gasteiger partial charge in [0, 0.05) is 24.4 Å². The minimum absolute atomic E-state index is 0.0685. The molecule has 0 bridgehead atoms. The number of nitrogens with one attached hydrogen (secondary N) is 1. The number of hydrogen-bond acceptors (Lipinski definition) is 4. The van der Waals surface area contributed by atoms with Gasteiger partial charge < -0.3 is 9.88 Å². The fraction of sp³-hybridized carbons (Fsp3) is 0.333. The molecule has 2 aromatic rings. The van der Waals surface area contributed by atoms with Gasteiger partial charge in [0.15, 0.2) is 0 Å². The van der Waals surface area contributed by atoms with Crippen LogP contribution in [0.3, 0.4) is 0 Å². The molecule has 1 aromatic heterocycles. The summed E-state index contributed by atoms with van der Waals surface area (Å²) in [5, 5.41) is 13.7. The Balaban J connectivity index is 2.20. The Labute approximate surface area is 128 Å². The Morgan fingerprint density at radius 3 is 2.82 bits per heavy atom. The molecule has 0 saturated carbocycles. The van der Waals surface area contributed by atoms with Crippen molar-refractivity contribution in [3.05, 3.63) is 52.1 Å². The zero-order valence-electron chi connectivity index (χ0n) is 12.7. The number of aryl methyl sites for hydroxylation is 1. The molecule has 0 fully saturated rings. The second-order valence-electron chi connectivity index (χ2n) is 5.34. The van der Waals surface area contributed by atoms with Crippen LogP contribution in [0.1, 0.15) is 31.2 Å². The average molecular weight is 302 g/mol. The number of aromatic nitrogens is 2. The number of hydrogen-bond donors (Lipinski definition) is 1. The lowest BCUT2D eigenvalue weighted by atomic mass is 10.1. The fourth-order valence-corrected chi connectivity index (χ4v) is 2.26. The van der Waals surface area contributed by atoms with E-state index < -0.39 is 4.92 Å². The van der Waals surface area contributed by atoms with Crippen LogP contribution in [-0.4, -0.2) is 20.4 Å². The second-order valence-corrected chi connectivity index (χ2v) is 5.34. The highest BCUT2D eigenvalue weighted by molar-refractivity contribution is 5.94. The number of anilines is 1. The molecule has 0 aliphatic carbocycles. The minimum atomic E-state index is -0.501. The minimum Gasteiger partial charge on any atom is -0.325 e. The van der Waals surface area contributed by atoms with Crippen LogP contribution in [0, 0.1) is 17.0 Å². The van der Waals surface area contributed by atoms with Crippen LogP contribution in [0.2, 0.25) is 0 Å². The molecule has 1 aromatic carbocycles. The summed E-state index contributed by atoms with van der Waals surface area (Å²) in [6.45, 7) is 5.77. The van der Waals surface area contributed by atoms with Crippen molar-refractivity contribution in [3.63, 3.8) is 0 Å². The summed E-state index contributed by atoms with van der Waals surface area (Å²) in [7, 11) is 0. The van der Waals surface area contributed by atoms with Crippen LogP contribution < -0.4 is 5.32 Å². The number of nitro groups is 1. The van der Waals surface area contributed by atoms with E-state index in [1.807, 2.05) is 13.8 Å². The van der Waals surface area contributed by atoms with E-state index in [-0.39, 0.29) is 29.7 Å². The average Bonchev–Trinajstić information content (AvgIpc) is 2.89. The SMILES string of the molecule is Cc1cccc([N+](=O)[O-])c1NC(=O)Cn1ccnc1C(C)C. The largest absolute Gasteiger partial charge is 0.325 e. The first-order valence-corrected chi connectivity index (χ1v) is 6.95. The highest BCUT2D eigenvalue weighted by atomic mass is 16.6. The predicted octanol–water partition coefficient (Wildman–Crippen LogP) is 2.86. The Morgan fingerprint density at radius 1 is 1.45 bits per heavy atom. The number of nitrogens with zero attached hydrogens (tertiary/aromatic N) is 3. The number of para-hydroxylation sites is 1. The highest BCUT2D eigenvalue weighted by Gasteiger charge is 2.18. The third kappa shape index (κ3) is 3.30. The van der Waals surface area contributed by atoms with E-state index in [0.29, 0.717) is 5.56 Å². The van der Waals surface area contributed by atoms with Gasteiger partial charge >= 0.3 is 0 Å². The lowest BCUT2D eigenvalue weighted by Crippen LogP contribution is -2.21. The normalized spacial score (nSPS) is 10.7.